The Bertz CT molecular complexity index is 534. The van der Waals surface area contributed by atoms with Gasteiger partial charge in [0, 0.05) is 33.3 Å². The van der Waals surface area contributed by atoms with Crippen molar-refractivity contribution >= 4 is 17.5 Å². The first kappa shape index (κ1) is 17.3. The zero-order chi connectivity index (χ0) is 16.8. The maximum Gasteiger partial charge on any atom is 0.243 e. The van der Waals surface area contributed by atoms with Gasteiger partial charge in [-0.3, -0.25) is 9.59 Å². The molecule has 5 heteroatoms. The molecular weight excluding hydrogens is 290 g/mol. The summed E-state index contributed by atoms with van der Waals surface area (Å²) in [4.78, 5) is 25.9. The van der Waals surface area contributed by atoms with Crippen LogP contribution in [0.5, 0.6) is 0 Å². The standard InChI is InChI=1S/C18H27N3O2/c1-13(22)20-17(15-6-4-5-7-15)18(23)19-12-14-8-10-16(11-9-14)21(2)3/h8-11,15,17H,4-7,12H2,1-3H3,(H,19,23)(H,20,22). The Kier molecular flexibility index (Phi) is 6.02. The Morgan fingerprint density at radius 2 is 1.78 bits per heavy atom. The third-order valence-electron chi connectivity index (χ3n) is 4.43. The molecule has 0 saturated heterocycles. The van der Waals surface area contributed by atoms with E-state index >= 15 is 0 Å². The van der Waals surface area contributed by atoms with Gasteiger partial charge in [0.05, 0.1) is 0 Å². The lowest BCUT2D eigenvalue weighted by Crippen LogP contribution is -2.49. The van der Waals surface area contributed by atoms with E-state index in [0.717, 1.165) is 36.9 Å². The maximum atomic E-state index is 12.5. The molecule has 0 heterocycles. The Morgan fingerprint density at radius 1 is 1.17 bits per heavy atom. The van der Waals surface area contributed by atoms with E-state index in [1.807, 2.05) is 43.3 Å². The van der Waals surface area contributed by atoms with Crippen molar-refractivity contribution in [1.29, 1.82) is 0 Å². The molecule has 0 aliphatic heterocycles. The number of benzene rings is 1. The number of amides is 2. The highest BCUT2D eigenvalue weighted by Gasteiger charge is 2.31. The van der Waals surface area contributed by atoms with E-state index in [2.05, 4.69) is 10.6 Å². The highest BCUT2D eigenvalue weighted by molar-refractivity contribution is 5.87. The summed E-state index contributed by atoms with van der Waals surface area (Å²) in [6.45, 7) is 1.95. The molecule has 1 unspecified atom stereocenters. The van der Waals surface area contributed by atoms with Gasteiger partial charge < -0.3 is 15.5 Å². The number of hydrogen-bond donors (Lipinski definition) is 2. The molecule has 2 amide bonds. The summed E-state index contributed by atoms with van der Waals surface area (Å²) in [5.74, 6) is 0.0335. The van der Waals surface area contributed by atoms with E-state index in [-0.39, 0.29) is 17.7 Å². The van der Waals surface area contributed by atoms with Crippen LogP contribution in [0, 0.1) is 5.92 Å². The number of nitrogens with zero attached hydrogens (tertiary/aromatic N) is 1. The minimum Gasteiger partial charge on any atom is -0.378 e. The van der Waals surface area contributed by atoms with Gasteiger partial charge in [-0.2, -0.15) is 0 Å². The zero-order valence-corrected chi connectivity index (χ0v) is 14.3. The highest BCUT2D eigenvalue weighted by atomic mass is 16.2. The second kappa shape index (κ2) is 7.99. The van der Waals surface area contributed by atoms with Crippen molar-refractivity contribution in [1.82, 2.24) is 10.6 Å². The van der Waals surface area contributed by atoms with Crippen LogP contribution in [-0.2, 0) is 16.1 Å². The summed E-state index contributed by atoms with van der Waals surface area (Å²) in [5.41, 5.74) is 2.18. The maximum absolute atomic E-state index is 12.5. The van der Waals surface area contributed by atoms with Crippen molar-refractivity contribution in [3.63, 3.8) is 0 Å². The van der Waals surface area contributed by atoms with Gasteiger partial charge in [0.1, 0.15) is 6.04 Å². The lowest BCUT2D eigenvalue weighted by molar-refractivity contribution is -0.129. The Morgan fingerprint density at radius 3 is 2.30 bits per heavy atom. The topological polar surface area (TPSA) is 61.4 Å². The third kappa shape index (κ3) is 4.98. The Labute approximate surface area is 138 Å². The van der Waals surface area contributed by atoms with Gasteiger partial charge >= 0.3 is 0 Å². The molecule has 0 spiro atoms. The minimum atomic E-state index is -0.406. The molecule has 1 saturated carbocycles. The largest absolute Gasteiger partial charge is 0.378 e. The molecule has 1 fully saturated rings. The summed E-state index contributed by atoms with van der Waals surface area (Å²) >= 11 is 0. The summed E-state index contributed by atoms with van der Waals surface area (Å²) in [5, 5.41) is 5.79. The van der Waals surface area contributed by atoms with Crippen molar-refractivity contribution in [3.8, 4) is 0 Å². The van der Waals surface area contributed by atoms with Gasteiger partial charge in [0.2, 0.25) is 11.8 Å². The van der Waals surface area contributed by atoms with Crippen LogP contribution in [0.4, 0.5) is 5.69 Å². The van der Waals surface area contributed by atoms with E-state index < -0.39 is 6.04 Å². The number of anilines is 1. The summed E-state index contributed by atoms with van der Waals surface area (Å²) in [6, 6.07) is 7.68. The second-order valence-corrected chi connectivity index (χ2v) is 6.50. The molecule has 1 aliphatic rings. The van der Waals surface area contributed by atoms with Crippen LogP contribution in [0.25, 0.3) is 0 Å². The average molecular weight is 317 g/mol. The molecule has 1 atom stereocenters. The van der Waals surface area contributed by atoms with E-state index in [0.29, 0.717) is 6.54 Å². The fraction of sp³-hybridized carbons (Fsp3) is 0.556. The predicted molar refractivity (Wildman–Crippen MR) is 92.2 cm³/mol. The van der Waals surface area contributed by atoms with Crippen LogP contribution >= 0.6 is 0 Å². The quantitative estimate of drug-likeness (QED) is 0.844. The van der Waals surface area contributed by atoms with E-state index in [1.165, 1.54) is 6.92 Å². The molecular formula is C18H27N3O2. The third-order valence-corrected chi connectivity index (χ3v) is 4.43. The lowest BCUT2D eigenvalue weighted by Gasteiger charge is -2.23. The van der Waals surface area contributed by atoms with Crippen molar-refractivity contribution < 1.29 is 9.59 Å². The number of carbonyl (C=O) groups is 2. The minimum absolute atomic E-state index is 0.0798. The molecule has 1 aromatic rings. The van der Waals surface area contributed by atoms with Crippen LogP contribution in [0.15, 0.2) is 24.3 Å². The number of nitrogens with one attached hydrogen (secondary N) is 2. The van der Waals surface area contributed by atoms with Gasteiger partial charge in [0.15, 0.2) is 0 Å². The van der Waals surface area contributed by atoms with Crippen LogP contribution in [0.1, 0.15) is 38.2 Å². The normalized spacial score (nSPS) is 16.0. The van der Waals surface area contributed by atoms with Crippen molar-refractivity contribution in [2.75, 3.05) is 19.0 Å². The van der Waals surface area contributed by atoms with Crippen molar-refractivity contribution in [3.05, 3.63) is 29.8 Å². The van der Waals surface area contributed by atoms with Crippen LogP contribution in [0.3, 0.4) is 0 Å². The van der Waals surface area contributed by atoms with Crippen LogP contribution in [0.2, 0.25) is 0 Å². The fourth-order valence-electron chi connectivity index (χ4n) is 3.12. The molecule has 5 nitrogen and oxygen atoms in total. The number of hydrogen-bond acceptors (Lipinski definition) is 3. The SMILES string of the molecule is CC(=O)NC(C(=O)NCc1ccc(N(C)C)cc1)C1CCCC1. The fourth-order valence-corrected chi connectivity index (χ4v) is 3.12. The Balaban J connectivity index is 1.93. The van der Waals surface area contributed by atoms with Gasteiger partial charge in [0.25, 0.3) is 0 Å². The van der Waals surface area contributed by atoms with Gasteiger partial charge in [-0.15, -0.1) is 0 Å². The van der Waals surface area contributed by atoms with Crippen LogP contribution < -0.4 is 15.5 Å². The molecule has 0 radical (unpaired) electrons. The molecule has 1 aliphatic carbocycles. The van der Waals surface area contributed by atoms with Gasteiger partial charge in [-0.1, -0.05) is 25.0 Å². The Hall–Kier alpha value is -2.04. The zero-order valence-electron chi connectivity index (χ0n) is 14.3. The molecule has 0 bridgehead atoms. The molecule has 1 aromatic carbocycles. The molecule has 0 aromatic heterocycles. The van der Waals surface area contributed by atoms with Gasteiger partial charge in [-0.25, -0.2) is 0 Å². The molecule has 2 N–H and O–H groups in total. The van der Waals surface area contributed by atoms with Crippen LogP contribution in [-0.4, -0.2) is 32.0 Å². The summed E-state index contributed by atoms with van der Waals surface area (Å²) in [7, 11) is 3.99. The lowest BCUT2D eigenvalue weighted by atomic mass is 9.97. The molecule has 2 rings (SSSR count). The first-order chi connectivity index (χ1) is 11.0. The van der Waals surface area contributed by atoms with Crippen molar-refractivity contribution in [2.24, 2.45) is 5.92 Å². The van der Waals surface area contributed by atoms with E-state index in [4.69, 9.17) is 0 Å². The first-order valence-corrected chi connectivity index (χ1v) is 8.28. The second-order valence-electron chi connectivity index (χ2n) is 6.50. The average Bonchev–Trinajstić information content (AvgIpc) is 3.04. The van der Waals surface area contributed by atoms with Gasteiger partial charge in [-0.05, 0) is 36.5 Å². The van der Waals surface area contributed by atoms with E-state index in [9.17, 15) is 9.59 Å². The van der Waals surface area contributed by atoms with Crippen molar-refractivity contribution in [2.45, 2.75) is 45.2 Å². The molecule has 126 valence electrons. The number of carbonyl (C=O) groups excluding carboxylic acids is 2. The molecule has 23 heavy (non-hydrogen) atoms. The smallest absolute Gasteiger partial charge is 0.243 e. The highest BCUT2D eigenvalue weighted by Crippen LogP contribution is 2.28. The number of rotatable bonds is 6. The van der Waals surface area contributed by atoms with E-state index in [1.54, 1.807) is 0 Å². The summed E-state index contributed by atoms with van der Waals surface area (Å²) < 4.78 is 0. The first-order valence-electron chi connectivity index (χ1n) is 8.28. The monoisotopic (exact) mass is 317 g/mol. The summed E-state index contributed by atoms with van der Waals surface area (Å²) in [6.07, 6.45) is 4.30. The predicted octanol–water partition coefficient (Wildman–Crippen LogP) is 2.06.